The molecule has 2 N–H and O–H groups in total. The lowest BCUT2D eigenvalue weighted by atomic mass is 10.3. The molecule has 0 radical (unpaired) electrons. The molecule has 16 heavy (non-hydrogen) atoms. The van der Waals surface area contributed by atoms with Gasteiger partial charge in [0.05, 0.1) is 0 Å². The number of thiophene rings is 1. The fraction of sp³-hybridized carbons (Fsp3) is 0.600. The normalized spacial score (nSPS) is 21.4. The predicted molar refractivity (Wildman–Crippen MR) is 65.3 cm³/mol. The number of rotatable bonds is 4. The Morgan fingerprint density at radius 3 is 2.94 bits per heavy atom. The number of hydrogen-bond donors (Lipinski definition) is 2. The van der Waals surface area contributed by atoms with Crippen LogP contribution in [-0.4, -0.2) is 27.5 Å². The van der Waals surface area contributed by atoms with Crippen LogP contribution in [0, 0.1) is 0 Å². The predicted octanol–water partition coefficient (Wildman–Crippen LogP) is 0.951. The summed E-state index contributed by atoms with van der Waals surface area (Å²) in [5, 5.41) is 3.14. The summed E-state index contributed by atoms with van der Waals surface area (Å²) in [5.74, 6) is 0. The Bertz CT molecular complexity index is 447. The van der Waals surface area contributed by atoms with E-state index in [4.69, 9.17) is 0 Å². The zero-order valence-corrected chi connectivity index (χ0v) is 10.8. The van der Waals surface area contributed by atoms with E-state index in [1.54, 1.807) is 6.07 Å². The van der Waals surface area contributed by atoms with E-state index in [1.165, 1.54) is 11.3 Å². The zero-order chi connectivity index (χ0) is 11.6. The van der Waals surface area contributed by atoms with E-state index >= 15 is 0 Å². The van der Waals surface area contributed by atoms with Crippen LogP contribution in [-0.2, 0) is 16.4 Å². The molecule has 1 aromatic heterocycles. The molecule has 1 unspecified atom stereocenters. The van der Waals surface area contributed by atoms with E-state index < -0.39 is 10.0 Å². The van der Waals surface area contributed by atoms with E-state index in [1.807, 2.05) is 13.0 Å². The van der Waals surface area contributed by atoms with Gasteiger partial charge in [-0.3, -0.25) is 0 Å². The highest BCUT2D eigenvalue weighted by Gasteiger charge is 2.23. The van der Waals surface area contributed by atoms with E-state index in [9.17, 15) is 8.42 Å². The minimum absolute atomic E-state index is 0.0391. The van der Waals surface area contributed by atoms with Crippen molar-refractivity contribution in [3.8, 4) is 0 Å². The first-order valence-corrected chi connectivity index (χ1v) is 7.73. The van der Waals surface area contributed by atoms with Crippen molar-refractivity contribution in [2.24, 2.45) is 0 Å². The Balaban J connectivity index is 2.11. The van der Waals surface area contributed by atoms with Gasteiger partial charge in [-0.05, 0) is 31.5 Å². The number of nitrogens with one attached hydrogen (secondary N) is 2. The van der Waals surface area contributed by atoms with Crippen molar-refractivity contribution in [1.82, 2.24) is 10.0 Å². The second kappa shape index (κ2) is 4.83. The van der Waals surface area contributed by atoms with Gasteiger partial charge < -0.3 is 5.32 Å². The molecule has 0 spiro atoms. The first-order chi connectivity index (χ1) is 7.62. The lowest BCUT2D eigenvalue weighted by Gasteiger charge is -2.10. The summed E-state index contributed by atoms with van der Waals surface area (Å²) < 4.78 is 27.1. The summed E-state index contributed by atoms with van der Waals surface area (Å²) in [5.41, 5.74) is 0. The molecule has 0 saturated carbocycles. The molecule has 90 valence electrons. The lowest BCUT2D eigenvalue weighted by molar-refractivity contribution is 0.562. The van der Waals surface area contributed by atoms with Gasteiger partial charge in [-0.1, -0.05) is 6.92 Å². The molecular formula is C10H16N2O2S2. The van der Waals surface area contributed by atoms with Crippen molar-refractivity contribution in [1.29, 1.82) is 0 Å². The van der Waals surface area contributed by atoms with E-state index in [2.05, 4.69) is 10.0 Å². The molecule has 1 aromatic rings. The third-order valence-corrected chi connectivity index (χ3v) is 5.87. The van der Waals surface area contributed by atoms with Crippen LogP contribution in [0.5, 0.6) is 0 Å². The third kappa shape index (κ3) is 2.63. The lowest BCUT2D eigenvalue weighted by Crippen LogP contribution is -2.35. The van der Waals surface area contributed by atoms with Crippen LogP contribution in [0.2, 0.25) is 0 Å². The maximum absolute atomic E-state index is 12.0. The van der Waals surface area contributed by atoms with Gasteiger partial charge in [0, 0.05) is 17.5 Å². The quantitative estimate of drug-likeness (QED) is 0.847. The molecule has 0 aromatic carbocycles. The minimum atomic E-state index is -3.30. The minimum Gasteiger partial charge on any atom is -0.315 e. The van der Waals surface area contributed by atoms with E-state index in [0.29, 0.717) is 4.21 Å². The standard InChI is InChI=1S/C10H16N2O2S2/c1-2-9-3-4-10(15-9)16(13,14)12-8-5-6-11-7-8/h3-4,8,11-12H,2,5-7H2,1H3. The molecule has 0 bridgehead atoms. The zero-order valence-electron chi connectivity index (χ0n) is 9.19. The van der Waals surface area contributed by atoms with Gasteiger partial charge in [0.25, 0.3) is 0 Å². The van der Waals surface area contributed by atoms with Crippen LogP contribution in [0.1, 0.15) is 18.2 Å². The third-order valence-electron chi connectivity index (χ3n) is 2.63. The van der Waals surface area contributed by atoms with Gasteiger partial charge in [0.15, 0.2) is 0 Å². The highest BCUT2D eigenvalue weighted by Crippen LogP contribution is 2.22. The second-order valence-corrected chi connectivity index (χ2v) is 6.99. The Labute approximate surface area is 100 Å². The fourth-order valence-corrected chi connectivity index (χ4v) is 4.31. The van der Waals surface area contributed by atoms with Crippen LogP contribution in [0.3, 0.4) is 0 Å². The maximum Gasteiger partial charge on any atom is 0.250 e. The monoisotopic (exact) mass is 260 g/mol. The van der Waals surface area contributed by atoms with Crippen molar-refractivity contribution in [2.45, 2.75) is 30.0 Å². The van der Waals surface area contributed by atoms with Crippen molar-refractivity contribution in [3.05, 3.63) is 17.0 Å². The van der Waals surface area contributed by atoms with E-state index in [0.717, 1.165) is 30.8 Å². The Morgan fingerprint density at radius 2 is 2.38 bits per heavy atom. The van der Waals surface area contributed by atoms with Crippen molar-refractivity contribution in [2.75, 3.05) is 13.1 Å². The van der Waals surface area contributed by atoms with Crippen molar-refractivity contribution >= 4 is 21.4 Å². The van der Waals surface area contributed by atoms with Gasteiger partial charge in [-0.25, -0.2) is 13.1 Å². The van der Waals surface area contributed by atoms with Crippen LogP contribution in [0.25, 0.3) is 0 Å². The summed E-state index contributed by atoms with van der Waals surface area (Å²) in [6.45, 7) is 3.64. The summed E-state index contributed by atoms with van der Waals surface area (Å²) in [4.78, 5) is 1.10. The van der Waals surface area contributed by atoms with Gasteiger partial charge in [-0.2, -0.15) is 0 Å². The Kier molecular flexibility index (Phi) is 3.63. The molecule has 2 rings (SSSR count). The Morgan fingerprint density at radius 1 is 1.56 bits per heavy atom. The summed E-state index contributed by atoms with van der Waals surface area (Å²) in [6.07, 6.45) is 1.75. The topological polar surface area (TPSA) is 58.2 Å². The van der Waals surface area contributed by atoms with Gasteiger partial charge in [0.1, 0.15) is 4.21 Å². The summed E-state index contributed by atoms with van der Waals surface area (Å²) in [7, 11) is -3.30. The number of aryl methyl sites for hydroxylation is 1. The van der Waals surface area contributed by atoms with Crippen molar-refractivity contribution < 1.29 is 8.42 Å². The molecule has 1 aliphatic heterocycles. The highest BCUT2D eigenvalue weighted by molar-refractivity contribution is 7.91. The second-order valence-electron chi connectivity index (χ2n) is 3.89. The molecule has 0 amide bonds. The van der Waals surface area contributed by atoms with Crippen LogP contribution in [0.4, 0.5) is 0 Å². The molecule has 1 fully saturated rings. The number of hydrogen-bond acceptors (Lipinski definition) is 4. The number of sulfonamides is 1. The summed E-state index contributed by atoms with van der Waals surface area (Å²) >= 11 is 1.35. The largest absolute Gasteiger partial charge is 0.315 e. The van der Waals surface area contributed by atoms with Gasteiger partial charge in [0.2, 0.25) is 10.0 Å². The maximum atomic E-state index is 12.0. The average molecular weight is 260 g/mol. The molecule has 0 aliphatic carbocycles. The molecular weight excluding hydrogens is 244 g/mol. The fourth-order valence-electron chi connectivity index (χ4n) is 1.73. The smallest absolute Gasteiger partial charge is 0.250 e. The molecule has 4 nitrogen and oxygen atoms in total. The molecule has 1 atom stereocenters. The van der Waals surface area contributed by atoms with Gasteiger partial charge in [-0.15, -0.1) is 11.3 Å². The van der Waals surface area contributed by atoms with Gasteiger partial charge >= 0.3 is 0 Å². The first kappa shape index (κ1) is 12.0. The first-order valence-electron chi connectivity index (χ1n) is 5.43. The van der Waals surface area contributed by atoms with Crippen molar-refractivity contribution in [3.63, 3.8) is 0 Å². The Hall–Kier alpha value is -0.430. The SMILES string of the molecule is CCc1ccc(S(=O)(=O)NC2CCNC2)s1. The average Bonchev–Trinajstić information content (AvgIpc) is 2.85. The van der Waals surface area contributed by atoms with Crippen LogP contribution < -0.4 is 10.0 Å². The van der Waals surface area contributed by atoms with E-state index in [-0.39, 0.29) is 6.04 Å². The van der Waals surface area contributed by atoms with Crippen LogP contribution in [0.15, 0.2) is 16.3 Å². The molecule has 1 aliphatic rings. The highest BCUT2D eigenvalue weighted by atomic mass is 32.2. The summed E-state index contributed by atoms with van der Waals surface area (Å²) in [6, 6.07) is 3.61. The molecule has 2 heterocycles. The van der Waals surface area contributed by atoms with Crippen LogP contribution >= 0.6 is 11.3 Å². The molecule has 6 heteroatoms. The molecule has 1 saturated heterocycles.